The van der Waals surface area contributed by atoms with Gasteiger partial charge in [0.25, 0.3) is 0 Å². The molecule has 1 atom stereocenters. The molecule has 122 valence electrons. The van der Waals surface area contributed by atoms with Crippen LogP contribution >= 0.6 is 0 Å². The summed E-state index contributed by atoms with van der Waals surface area (Å²) in [7, 11) is 0. The molecule has 3 N–H and O–H groups in total. The molecule has 0 aliphatic heterocycles. The summed E-state index contributed by atoms with van der Waals surface area (Å²) < 4.78 is 0. The lowest BCUT2D eigenvalue weighted by Gasteiger charge is -2.28. The molecule has 22 heavy (non-hydrogen) atoms. The Morgan fingerprint density at radius 1 is 1.27 bits per heavy atom. The highest BCUT2D eigenvalue weighted by Gasteiger charge is 2.32. The van der Waals surface area contributed by atoms with E-state index in [1.807, 2.05) is 6.92 Å². The fraction of sp³-hybridized carbons (Fsp3) is 0.611. The molecule has 0 heterocycles. The minimum atomic E-state index is -0.247. The van der Waals surface area contributed by atoms with Gasteiger partial charge in [-0.05, 0) is 37.3 Å². The molecule has 0 aromatic heterocycles. The quantitative estimate of drug-likeness (QED) is 0.724. The number of hydrogen-bond acceptors (Lipinski definition) is 3. The molecule has 1 amide bonds. The SMILES string of the molecule is CCc1ccc(C(C)NC(=O)CNC2(CO)CCCC2)cc1. The Hall–Kier alpha value is -1.39. The van der Waals surface area contributed by atoms with Crippen molar-refractivity contribution < 1.29 is 9.90 Å². The Kier molecular flexibility index (Phi) is 5.98. The largest absolute Gasteiger partial charge is 0.394 e. The van der Waals surface area contributed by atoms with Crippen molar-refractivity contribution in [3.63, 3.8) is 0 Å². The number of aliphatic hydroxyl groups excluding tert-OH is 1. The van der Waals surface area contributed by atoms with E-state index in [1.54, 1.807) is 0 Å². The van der Waals surface area contributed by atoms with E-state index in [0.29, 0.717) is 0 Å². The standard InChI is InChI=1S/C18H28N2O2/c1-3-15-6-8-16(9-7-15)14(2)20-17(22)12-19-18(13-21)10-4-5-11-18/h6-9,14,19,21H,3-5,10-13H2,1-2H3,(H,20,22). The van der Waals surface area contributed by atoms with Gasteiger partial charge >= 0.3 is 0 Å². The van der Waals surface area contributed by atoms with Crippen LogP contribution in [-0.4, -0.2) is 29.7 Å². The average molecular weight is 304 g/mol. The van der Waals surface area contributed by atoms with Crippen LogP contribution in [0.5, 0.6) is 0 Å². The van der Waals surface area contributed by atoms with Gasteiger partial charge in [-0.3, -0.25) is 4.79 Å². The summed E-state index contributed by atoms with van der Waals surface area (Å²) in [5, 5.41) is 15.8. The molecule has 0 bridgehead atoms. The van der Waals surface area contributed by atoms with Gasteiger partial charge < -0.3 is 15.7 Å². The molecule has 1 aliphatic carbocycles. The molecule has 1 fully saturated rings. The van der Waals surface area contributed by atoms with Gasteiger partial charge in [0, 0.05) is 5.54 Å². The molecule has 0 radical (unpaired) electrons. The van der Waals surface area contributed by atoms with Gasteiger partial charge in [0.15, 0.2) is 0 Å². The lowest BCUT2D eigenvalue weighted by atomic mass is 9.99. The highest BCUT2D eigenvalue weighted by molar-refractivity contribution is 5.78. The van der Waals surface area contributed by atoms with Gasteiger partial charge in [-0.1, -0.05) is 44.0 Å². The van der Waals surface area contributed by atoms with Crippen LogP contribution in [0.1, 0.15) is 56.7 Å². The lowest BCUT2D eigenvalue weighted by molar-refractivity contribution is -0.121. The van der Waals surface area contributed by atoms with E-state index in [-0.39, 0.29) is 30.6 Å². The Bertz CT molecular complexity index is 478. The zero-order chi connectivity index (χ0) is 16.0. The summed E-state index contributed by atoms with van der Waals surface area (Å²) in [5.41, 5.74) is 2.17. The first-order valence-electron chi connectivity index (χ1n) is 8.32. The van der Waals surface area contributed by atoms with Gasteiger partial charge in [-0.25, -0.2) is 0 Å². The number of rotatable bonds is 7. The molecule has 1 aromatic carbocycles. The number of aliphatic hydroxyl groups is 1. The average Bonchev–Trinajstić information content (AvgIpc) is 3.02. The summed E-state index contributed by atoms with van der Waals surface area (Å²) in [6, 6.07) is 8.35. The normalized spacial score (nSPS) is 18.1. The first-order valence-corrected chi connectivity index (χ1v) is 8.32. The summed E-state index contributed by atoms with van der Waals surface area (Å²) in [5.74, 6) is -0.0215. The smallest absolute Gasteiger partial charge is 0.234 e. The van der Waals surface area contributed by atoms with E-state index >= 15 is 0 Å². The second-order valence-electron chi connectivity index (χ2n) is 6.38. The molecular formula is C18H28N2O2. The van der Waals surface area contributed by atoms with Crippen molar-refractivity contribution in [3.05, 3.63) is 35.4 Å². The topological polar surface area (TPSA) is 61.4 Å². The summed E-state index contributed by atoms with van der Waals surface area (Å²) >= 11 is 0. The maximum Gasteiger partial charge on any atom is 0.234 e. The summed E-state index contributed by atoms with van der Waals surface area (Å²) in [4.78, 5) is 12.1. The minimum Gasteiger partial charge on any atom is -0.394 e. The Labute approximate surface area is 133 Å². The monoisotopic (exact) mass is 304 g/mol. The number of aryl methyl sites for hydroxylation is 1. The second kappa shape index (κ2) is 7.75. The van der Waals surface area contributed by atoms with Crippen molar-refractivity contribution in [2.45, 2.75) is 57.5 Å². The molecule has 1 aromatic rings. The van der Waals surface area contributed by atoms with E-state index in [9.17, 15) is 9.90 Å². The van der Waals surface area contributed by atoms with Crippen LogP contribution in [0.3, 0.4) is 0 Å². The molecule has 1 aliphatic rings. The first kappa shape index (κ1) is 17.0. The second-order valence-corrected chi connectivity index (χ2v) is 6.38. The molecule has 1 saturated carbocycles. The number of carbonyl (C=O) groups is 1. The van der Waals surface area contributed by atoms with Crippen LogP contribution < -0.4 is 10.6 Å². The molecular weight excluding hydrogens is 276 g/mol. The molecule has 1 unspecified atom stereocenters. The number of nitrogens with one attached hydrogen (secondary N) is 2. The van der Waals surface area contributed by atoms with E-state index in [4.69, 9.17) is 0 Å². The van der Waals surface area contributed by atoms with E-state index in [0.717, 1.165) is 37.7 Å². The Balaban J connectivity index is 1.82. The fourth-order valence-corrected chi connectivity index (χ4v) is 3.13. The third kappa shape index (κ3) is 4.31. The zero-order valence-electron chi connectivity index (χ0n) is 13.7. The van der Waals surface area contributed by atoms with Gasteiger partial charge in [-0.15, -0.1) is 0 Å². The molecule has 4 nitrogen and oxygen atoms in total. The van der Waals surface area contributed by atoms with E-state index in [2.05, 4.69) is 41.8 Å². The lowest BCUT2D eigenvalue weighted by Crippen LogP contribution is -2.50. The fourth-order valence-electron chi connectivity index (χ4n) is 3.13. The third-order valence-electron chi connectivity index (χ3n) is 4.75. The highest BCUT2D eigenvalue weighted by Crippen LogP contribution is 2.28. The first-order chi connectivity index (χ1) is 10.6. The van der Waals surface area contributed by atoms with Crippen LogP contribution in [-0.2, 0) is 11.2 Å². The number of carbonyl (C=O) groups excluding carboxylic acids is 1. The predicted molar refractivity (Wildman–Crippen MR) is 88.7 cm³/mol. The molecule has 0 spiro atoms. The minimum absolute atomic E-state index is 0.00568. The Morgan fingerprint density at radius 3 is 2.45 bits per heavy atom. The maximum atomic E-state index is 12.1. The van der Waals surface area contributed by atoms with E-state index < -0.39 is 0 Å². The van der Waals surface area contributed by atoms with Crippen molar-refractivity contribution in [2.75, 3.05) is 13.2 Å². The Morgan fingerprint density at radius 2 is 1.91 bits per heavy atom. The molecule has 2 rings (SSSR count). The van der Waals surface area contributed by atoms with E-state index in [1.165, 1.54) is 5.56 Å². The van der Waals surface area contributed by atoms with Crippen LogP contribution in [0.15, 0.2) is 24.3 Å². The summed E-state index contributed by atoms with van der Waals surface area (Å²) in [6.45, 7) is 4.49. The predicted octanol–water partition coefficient (Wildman–Crippen LogP) is 2.32. The van der Waals surface area contributed by atoms with Crippen LogP contribution in [0, 0.1) is 0 Å². The zero-order valence-corrected chi connectivity index (χ0v) is 13.7. The molecule has 4 heteroatoms. The maximum absolute atomic E-state index is 12.1. The van der Waals surface area contributed by atoms with Gasteiger partial charge in [0.1, 0.15) is 0 Å². The van der Waals surface area contributed by atoms with Crippen LogP contribution in [0.4, 0.5) is 0 Å². The van der Waals surface area contributed by atoms with Gasteiger partial charge in [0.2, 0.25) is 5.91 Å². The third-order valence-corrected chi connectivity index (χ3v) is 4.75. The summed E-state index contributed by atoms with van der Waals surface area (Å²) in [6.07, 6.45) is 5.16. The van der Waals surface area contributed by atoms with Crippen LogP contribution in [0.2, 0.25) is 0 Å². The van der Waals surface area contributed by atoms with Crippen LogP contribution in [0.25, 0.3) is 0 Å². The number of benzene rings is 1. The number of amides is 1. The van der Waals surface area contributed by atoms with Crippen molar-refractivity contribution >= 4 is 5.91 Å². The van der Waals surface area contributed by atoms with Crippen molar-refractivity contribution in [1.82, 2.24) is 10.6 Å². The number of hydrogen-bond donors (Lipinski definition) is 3. The molecule has 0 saturated heterocycles. The highest BCUT2D eigenvalue weighted by atomic mass is 16.3. The van der Waals surface area contributed by atoms with Crippen molar-refractivity contribution in [3.8, 4) is 0 Å². The van der Waals surface area contributed by atoms with Gasteiger partial charge in [-0.2, -0.15) is 0 Å². The van der Waals surface area contributed by atoms with Crippen molar-refractivity contribution in [1.29, 1.82) is 0 Å². The van der Waals surface area contributed by atoms with Crippen molar-refractivity contribution in [2.24, 2.45) is 0 Å². The van der Waals surface area contributed by atoms with Gasteiger partial charge in [0.05, 0.1) is 19.2 Å².